The van der Waals surface area contributed by atoms with E-state index in [-0.39, 0.29) is 0 Å². The Morgan fingerprint density at radius 2 is 1.58 bits per heavy atom. The third-order valence-corrected chi connectivity index (χ3v) is 30.0. The predicted octanol–water partition coefficient (Wildman–Crippen LogP) is 6.21. The van der Waals surface area contributed by atoms with E-state index < -0.39 is 11.0 Å². The Balaban J connectivity index is 2.88. The summed E-state index contributed by atoms with van der Waals surface area (Å²) in [6.45, 7) is 2.11. The first-order valence-corrected chi connectivity index (χ1v) is 20.2. The first-order valence-electron chi connectivity index (χ1n) is 9.54. The number of fused-ring (bicyclic) bond motifs is 1. The topological polar surface area (TPSA) is 31.4 Å². The summed E-state index contributed by atoms with van der Waals surface area (Å²) in [7, 11) is -2.75. The molecule has 0 saturated heterocycles. The van der Waals surface area contributed by atoms with Crippen molar-refractivity contribution in [2.75, 3.05) is 14.2 Å². The molecule has 2 aromatic rings. The van der Waals surface area contributed by atoms with Gasteiger partial charge in [-0.1, -0.05) is 0 Å². The molecule has 3 rings (SSSR count). The van der Waals surface area contributed by atoms with Gasteiger partial charge in [0.25, 0.3) is 0 Å². The van der Waals surface area contributed by atoms with Gasteiger partial charge in [0.2, 0.25) is 0 Å². The van der Waals surface area contributed by atoms with Crippen LogP contribution >= 0.6 is 0 Å². The Morgan fingerprint density at radius 1 is 0.962 bits per heavy atom. The molecule has 0 unspecified atom stereocenters. The number of hydrogen-bond acceptors (Lipinski definition) is 3. The number of aryl methyl sites for hydroxylation is 1. The third kappa shape index (κ3) is 1.78. The Kier molecular flexibility index (Phi) is 2.42. The van der Waals surface area contributed by atoms with Crippen LogP contribution in [0.4, 0.5) is 0 Å². The molecule has 0 N–H and O–H groups in total. The molecule has 0 fully saturated rings. The minimum atomic E-state index is -6.37. The van der Waals surface area contributed by atoms with Gasteiger partial charge < -0.3 is 0 Å². The maximum absolute atomic E-state index is 6.98. The molecule has 0 spiro atoms. The monoisotopic (exact) mass is 392 g/mol. The summed E-state index contributed by atoms with van der Waals surface area (Å²) in [6.07, 6.45) is 9.20. The molecule has 0 atom stereocenters. The summed E-state index contributed by atoms with van der Waals surface area (Å²) < 4.78 is 16.2. The summed E-state index contributed by atoms with van der Waals surface area (Å²) in [4.78, 5) is 4.68. The molecule has 4 heteroatoms. The van der Waals surface area contributed by atoms with Gasteiger partial charge >= 0.3 is 149 Å². The van der Waals surface area contributed by atoms with Crippen molar-refractivity contribution in [1.82, 2.24) is 4.98 Å². The summed E-state index contributed by atoms with van der Waals surface area (Å²) >= 11 is 0. The summed E-state index contributed by atoms with van der Waals surface area (Å²) in [5.41, 5.74) is 2.02. The standard InChI is InChI=1S/C10H8N.C5H5.2CH3O.5CH3.Ti/c1-8-6-9-4-2-3-5-10(9)11-7-8;1-2-4-5-3-1;2*1-2;;;;;;/h2-5,7H,1H3;1-3H,4H2;2*1H3;5*1H3;/q;;2*-1;;;;;;+2. The van der Waals surface area contributed by atoms with Gasteiger partial charge in [-0.25, -0.2) is 0 Å². The number of aromatic nitrogens is 1. The second-order valence-electron chi connectivity index (χ2n) is 14.7. The van der Waals surface area contributed by atoms with E-state index in [9.17, 15) is 0 Å². The normalized spacial score (nSPS) is 23.1. The van der Waals surface area contributed by atoms with Gasteiger partial charge in [-0.15, -0.1) is 0 Å². The molecular formula is C22H34NO2Ti. The van der Waals surface area contributed by atoms with Crippen LogP contribution < -0.4 is 3.87 Å². The van der Waals surface area contributed by atoms with Gasteiger partial charge in [0.05, 0.1) is 0 Å². The van der Waals surface area contributed by atoms with E-state index in [2.05, 4.69) is 74.5 Å². The van der Waals surface area contributed by atoms with Crippen molar-refractivity contribution in [2.45, 2.75) is 39.5 Å². The van der Waals surface area contributed by atoms with Gasteiger partial charge in [-0.2, -0.15) is 0 Å². The van der Waals surface area contributed by atoms with Crippen LogP contribution in [0.25, 0.3) is 10.9 Å². The quantitative estimate of drug-likeness (QED) is 0.580. The third-order valence-electron chi connectivity index (χ3n) is 8.96. The first-order chi connectivity index (χ1) is 11.5. The van der Waals surface area contributed by atoms with E-state index in [4.69, 9.17) is 6.64 Å². The summed E-state index contributed by atoms with van der Waals surface area (Å²) in [5.74, 6) is 0. The fraction of sp³-hybridized carbons (Fsp3) is 0.409. The summed E-state index contributed by atoms with van der Waals surface area (Å²) in [6, 6.07) is 8.26. The zero-order chi connectivity index (χ0) is 19.7. The van der Waals surface area contributed by atoms with Crippen molar-refractivity contribution < 1.29 is 17.6 Å². The molecular weight excluding hydrogens is 358 g/mol. The van der Waals surface area contributed by atoms with Crippen molar-refractivity contribution in [3.63, 3.8) is 0 Å². The fourth-order valence-corrected chi connectivity index (χ4v) is 18.9. The van der Waals surface area contributed by atoms with E-state index in [1.807, 2.05) is 12.3 Å². The molecule has 1 aromatic carbocycles. The van der Waals surface area contributed by atoms with Gasteiger partial charge in [-0.05, 0) is 0 Å². The molecule has 0 saturated carbocycles. The van der Waals surface area contributed by atoms with Gasteiger partial charge in [-0.3, -0.25) is 0 Å². The van der Waals surface area contributed by atoms with Crippen molar-refractivity contribution >= 4 is 14.8 Å². The minimum absolute atomic E-state index is 0.789. The van der Waals surface area contributed by atoms with E-state index in [1.54, 1.807) is 14.2 Å². The Labute approximate surface area is 149 Å². The van der Waals surface area contributed by atoms with Crippen LogP contribution in [0, 0.1) is 6.92 Å². The van der Waals surface area contributed by atoms with Crippen molar-refractivity contribution in [2.24, 2.45) is 0 Å². The molecule has 143 valence electrons. The molecule has 1 heterocycles. The van der Waals surface area contributed by atoms with Crippen molar-refractivity contribution in [3.8, 4) is 0 Å². The molecule has 1 aliphatic carbocycles. The van der Waals surface area contributed by atoms with Crippen LogP contribution in [0.1, 0.15) is 12.0 Å². The second kappa shape index (κ2) is 3.22. The van der Waals surface area contributed by atoms with E-state index in [0.717, 1.165) is 26.8 Å². The average Bonchev–Trinajstić information content (AvgIpc) is 3.12. The Morgan fingerprint density at radius 3 is 2.12 bits per heavy atom. The molecule has 1 aliphatic rings. The van der Waals surface area contributed by atoms with Crippen molar-refractivity contribution in [3.05, 3.63) is 58.1 Å². The average molecular weight is 392 g/mol. The molecule has 0 amide bonds. The molecule has 1 aromatic heterocycles. The number of para-hydroxylation sites is 1. The Hall–Kier alpha value is -1.26. The van der Waals surface area contributed by atoms with E-state index in [0.29, 0.717) is 0 Å². The van der Waals surface area contributed by atoms with Crippen LogP contribution in [0.3, 0.4) is 0 Å². The van der Waals surface area contributed by atoms with Gasteiger partial charge in [0, 0.05) is 0 Å². The number of benzene rings is 1. The Bertz CT molecular complexity index is 1110. The van der Waals surface area contributed by atoms with E-state index >= 15 is 0 Å². The predicted molar refractivity (Wildman–Crippen MR) is 111 cm³/mol. The van der Waals surface area contributed by atoms with Crippen LogP contribution in [-0.2, 0) is 17.6 Å². The molecule has 0 aliphatic heterocycles. The molecule has 0 radical (unpaired) electrons. The number of rotatable bonds is 4. The fourth-order valence-electron chi connectivity index (χ4n) is 5.67. The molecule has 0 bridgehead atoms. The van der Waals surface area contributed by atoms with Crippen LogP contribution in [-0.4, -0.2) is 19.2 Å². The van der Waals surface area contributed by atoms with Crippen LogP contribution in [0.15, 0.2) is 52.6 Å². The van der Waals surface area contributed by atoms with Crippen LogP contribution in [0.5, 0.6) is 0 Å². The molecule has 3 nitrogen and oxygen atoms in total. The first kappa shape index (κ1) is 19.5. The number of pyridine rings is 1. The SMILES string of the molecule is C[O][Ti]([CH3])([CH3])([CH3])([CH3])([CH3])([O]C)([C]1=CC=CC1)[c]1c(C)cnc2ccccc12. The van der Waals surface area contributed by atoms with Crippen LogP contribution in [0.2, 0.25) is 26.1 Å². The number of hydrogen-bond donors (Lipinski definition) is 0. The van der Waals surface area contributed by atoms with Gasteiger partial charge in [0.1, 0.15) is 0 Å². The van der Waals surface area contributed by atoms with Gasteiger partial charge in [0.15, 0.2) is 0 Å². The number of allylic oxidation sites excluding steroid dienone is 4. The second-order valence-corrected chi connectivity index (χ2v) is 49.5. The molecule has 26 heavy (non-hydrogen) atoms. The maximum atomic E-state index is 6.98. The van der Waals surface area contributed by atoms with Crippen molar-refractivity contribution in [1.29, 1.82) is 0 Å². The zero-order valence-corrected chi connectivity index (χ0v) is 19.2. The summed E-state index contributed by atoms with van der Waals surface area (Å²) in [5, 5.41) is 12.3. The van der Waals surface area contributed by atoms with E-state index in [1.165, 1.54) is 3.88 Å². The number of nitrogens with zero attached hydrogens (tertiary/aromatic N) is 1. The zero-order valence-electron chi connectivity index (χ0n) is 17.6.